The second kappa shape index (κ2) is 8.42. The van der Waals surface area contributed by atoms with Gasteiger partial charge >= 0.3 is 5.97 Å². The maximum absolute atomic E-state index is 12.4. The topological polar surface area (TPSA) is 59.2 Å². The molecular weight excluding hydrogens is 350 g/mol. The number of Topliss-reactive ketones (excluding diaryl/α,β-unsaturated/α-hetero) is 1. The molecule has 1 aromatic heterocycles. The van der Waals surface area contributed by atoms with Crippen LogP contribution in [-0.2, 0) is 28.8 Å². The maximum atomic E-state index is 12.4. The fourth-order valence-corrected chi connectivity index (χ4v) is 3.97. The number of benzene rings is 2. The third-order valence-corrected chi connectivity index (χ3v) is 5.54. The third-order valence-electron chi connectivity index (χ3n) is 5.54. The van der Waals surface area contributed by atoms with Crippen LogP contribution >= 0.6 is 0 Å². The highest BCUT2D eigenvalue weighted by molar-refractivity contribution is 5.98. The van der Waals surface area contributed by atoms with E-state index in [1.165, 1.54) is 34.9 Å². The minimum Gasteiger partial charge on any atom is -0.457 e. The van der Waals surface area contributed by atoms with Crippen molar-refractivity contribution >= 4 is 22.7 Å². The summed E-state index contributed by atoms with van der Waals surface area (Å²) in [7, 11) is 0. The quantitative estimate of drug-likeness (QED) is 0.477. The normalized spacial score (nSPS) is 13.3. The maximum Gasteiger partial charge on any atom is 0.306 e. The molecule has 0 saturated carbocycles. The van der Waals surface area contributed by atoms with Crippen molar-refractivity contribution in [2.24, 2.45) is 0 Å². The fourth-order valence-electron chi connectivity index (χ4n) is 3.97. The summed E-state index contributed by atoms with van der Waals surface area (Å²) in [6.45, 7) is -0.176. The van der Waals surface area contributed by atoms with E-state index in [-0.39, 0.29) is 18.4 Å². The van der Waals surface area contributed by atoms with Crippen LogP contribution < -0.4 is 0 Å². The lowest BCUT2D eigenvalue weighted by Crippen LogP contribution is -2.15. The number of ether oxygens (including phenoxy) is 1. The molecule has 4 rings (SSSR count). The smallest absolute Gasteiger partial charge is 0.306 e. The van der Waals surface area contributed by atoms with Gasteiger partial charge < -0.3 is 9.72 Å². The lowest BCUT2D eigenvalue weighted by Gasteiger charge is -2.16. The minimum atomic E-state index is -0.314. The Morgan fingerprint density at radius 2 is 1.82 bits per heavy atom. The van der Waals surface area contributed by atoms with Gasteiger partial charge in [0, 0.05) is 29.1 Å². The van der Waals surface area contributed by atoms with Gasteiger partial charge in [-0.1, -0.05) is 30.3 Å². The van der Waals surface area contributed by atoms with Gasteiger partial charge in [-0.05, 0) is 67.3 Å². The van der Waals surface area contributed by atoms with Crippen molar-refractivity contribution in [3.05, 3.63) is 70.9 Å². The molecule has 144 valence electrons. The van der Waals surface area contributed by atoms with Gasteiger partial charge in [-0.15, -0.1) is 0 Å². The molecule has 0 radical (unpaired) electrons. The van der Waals surface area contributed by atoms with Crippen LogP contribution in [0.3, 0.4) is 0 Å². The number of nitrogens with one attached hydrogen (secondary N) is 1. The lowest BCUT2D eigenvalue weighted by molar-refractivity contribution is -0.142. The van der Waals surface area contributed by atoms with Gasteiger partial charge in [0.15, 0.2) is 12.4 Å². The molecule has 1 N–H and O–H groups in total. The van der Waals surface area contributed by atoms with Crippen LogP contribution in [-0.4, -0.2) is 23.3 Å². The Bertz CT molecular complexity index is 1000. The molecule has 0 aliphatic heterocycles. The van der Waals surface area contributed by atoms with E-state index in [2.05, 4.69) is 11.1 Å². The number of H-pyrrole nitrogens is 1. The summed E-state index contributed by atoms with van der Waals surface area (Å²) < 4.78 is 5.21. The van der Waals surface area contributed by atoms with Crippen LogP contribution in [0.4, 0.5) is 0 Å². The van der Waals surface area contributed by atoms with E-state index in [0.717, 1.165) is 24.8 Å². The average molecular weight is 375 g/mol. The van der Waals surface area contributed by atoms with Crippen LogP contribution in [0, 0.1) is 0 Å². The fraction of sp³-hybridized carbons (Fsp3) is 0.333. The molecule has 1 aliphatic rings. The van der Waals surface area contributed by atoms with E-state index in [9.17, 15) is 9.59 Å². The van der Waals surface area contributed by atoms with Gasteiger partial charge in [-0.3, -0.25) is 9.59 Å². The Balaban J connectivity index is 1.24. The third kappa shape index (κ3) is 4.16. The van der Waals surface area contributed by atoms with E-state index in [1.54, 1.807) is 0 Å². The summed E-state index contributed by atoms with van der Waals surface area (Å²) in [6, 6.07) is 14.0. The lowest BCUT2D eigenvalue weighted by atomic mass is 9.90. The zero-order valence-corrected chi connectivity index (χ0v) is 16.0. The van der Waals surface area contributed by atoms with Crippen LogP contribution in [0.25, 0.3) is 10.9 Å². The highest BCUT2D eigenvalue weighted by Crippen LogP contribution is 2.23. The molecule has 0 saturated heterocycles. The summed E-state index contributed by atoms with van der Waals surface area (Å²) >= 11 is 0. The number of aryl methyl sites for hydroxylation is 3. The predicted octanol–water partition coefficient (Wildman–Crippen LogP) is 4.80. The molecule has 1 aliphatic carbocycles. The molecule has 4 nitrogen and oxygen atoms in total. The van der Waals surface area contributed by atoms with Crippen LogP contribution in [0.2, 0.25) is 0 Å². The molecule has 0 atom stereocenters. The van der Waals surface area contributed by atoms with Gasteiger partial charge in [-0.25, -0.2) is 0 Å². The summed E-state index contributed by atoms with van der Waals surface area (Å²) in [5, 5.41) is 1.19. The number of carbonyl (C=O) groups excluding carboxylic acids is 2. The van der Waals surface area contributed by atoms with Crippen molar-refractivity contribution in [2.75, 3.05) is 6.61 Å². The molecule has 3 aromatic rings. The first-order valence-corrected chi connectivity index (χ1v) is 10.1. The molecule has 1 heterocycles. The highest BCUT2D eigenvalue weighted by Gasteiger charge is 2.14. The Hall–Kier alpha value is -2.88. The number of hydrogen-bond donors (Lipinski definition) is 1. The van der Waals surface area contributed by atoms with E-state index in [1.807, 2.05) is 42.6 Å². The van der Waals surface area contributed by atoms with Gasteiger partial charge in [0.05, 0.1) is 0 Å². The number of carbonyl (C=O) groups is 2. The molecule has 0 amide bonds. The molecule has 0 unspecified atom stereocenters. The van der Waals surface area contributed by atoms with Crippen molar-refractivity contribution in [1.29, 1.82) is 0 Å². The van der Waals surface area contributed by atoms with Crippen LogP contribution in [0.5, 0.6) is 0 Å². The standard InChI is InChI=1S/C24H25NO3/c26-23(19-13-12-17-6-1-2-7-18(17)14-19)16-28-24(27)11-5-8-20-15-25-22-10-4-3-9-21(20)22/h3-4,9-10,12-15,25H,1-2,5-8,11,16H2. The first-order valence-electron chi connectivity index (χ1n) is 10.1. The monoisotopic (exact) mass is 375 g/mol. The Kier molecular flexibility index (Phi) is 5.56. The van der Waals surface area contributed by atoms with Crippen molar-refractivity contribution < 1.29 is 14.3 Å². The van der Waals surface area contributed by atoms with Gasteiger partial charge in [-0.2, -0.15) is 0 Å². The first kappa shape index (κ1) is 18.5. The molecule has 0 fully saturated rings. The Morgan fingerprint density at radius 3 is 2.71 bits per heavy atom. The molecule has 0 spiro atoms. The average Bonchev–Trinajstić information content (AvgIpc) is 3.15. The van der Waals surface area contributed by atoms with Crippen LogP contribution in [0.1, 0.15) is 52.7 Å². The number of esters is 1. The zero-order valence-electron chi connectivity index (χ0n) is 16.0. The van der Waals surface area contributed by atoms with Crippen LogP contribution in [0.15, 0.2) is 48.7 Å². The second-order valence-corrected chi connectivity index (χ2v) is 7.49. The molecular formula is C24H25NO3. The van der Waals surface area contributed by atoms with Gasteiger partial charge in [0.2, 0.25) is 0 Å². The first-order chi connectivity index (χ1) is 13.7. The molecule has 2 aromatic carbocycles. The molecule has 4 heteroatoms. The number of aromatic nitrogens is 1. The number of ketones is 1. The van der Waals surface area contributed by atoms with E-state index < -0.39 is 0 Å². The summed E-state index contributed by atoms with van der Waals surface area (Å²) in [5.41, 5.74) is 5.57. The van der Waals surface area contributed by atoms with Crippen molar-refractivity contribution in [1.82, 2.24) is 4.98 Å². The zero-order chi connectivity index (χ0) is 19.3. The summed E-state index contributed by atoms with van der Waals surface area (Å²) in [5.74, 6) is -0.440. The highest BCUT2D eigenvalue weighted by atomic mass is 16.5. The number of hydrogen-bond acceptors (Lipinski definition) is 3. The summed E-state index contributed by atoms with van der Waals surface area (Å²) in [4.78, 5) is 27.6. The largest absolute Gasteiger partial charge is 0.457 e. The van der Waals surface area contributed by atoms with E-state index in [0.29, 0.717) is 18.4 Å². The van der Waals surface area contributed by atoms with E-state index >= 15 is 0 Å². The minimum absolute atomic E-state index is 0.127. The SMILES string of the molecule is O=C(CCCc1c[nH]c2ccccc12)OCC(=O)c1ccc2c(c1)CCCC2. The van der Waals surface area contributed by atoms with Gasteiger partial charge in [0.1, 0.15) is 0 Å². The molecule has 0 bridgehead atoms. The van der Waals surface area contributed by atoms with Gasteiger partial charge in [0.25, 0.3) is 0 Å². The predicted molar refractivity (Wildman–Crippen MR) is 110 cm³/mol. The van der Waals surface area contributed by atoms with Crippen molar-refractivity contribution in [3.63, 3.8) is 0 Å². The van der Waals surface area contributed by atoms with Crippen molar-refractivity contribution in [3.8, 4) is 0 Å². The number of aromatic amines is 1. The van der Waals surface area contributed by atoms with Crippen molar-refractivity contribution in [2.45, 2.75) is 44.9 Å². The van der Waals surface area contributed by atoms with E-state index in [4.69, 9.17) is 4.74 Å². The number of rotatable bonds is 7. The second-order valence-electron chi connectivity index (χ2n) is 7.49. The molecule has 28 heavy (non-hydrogen) atoms. The Morgan fingerprint density at radius 1 is 1.00 bits per heavy atom. The number of para-hydroxylation sites is 1. The Labute approximate surface area is 164 Å². The number of fused-ring (bicyclic) bond motifs is 2. The summed E-state index contributed by atoms with van der Waals surface area (Å²) in [6.07, 6.45) is 8.34.